The molecule has 0 radical (unpaired) electrons. The van der Waals surface area contributed by atoms with E-state index in [0.29, 0.717) is 5.69 Å². The molecular formula is C18H23N3O. The number of aryl methyl sites for hydroxylation is 2. The number of benzene rings is 1. The van der Waals surface area contributed by atoms with E-state index in [-0.39, 0.29) is 5.91 Å². The fourth-order valence-corrected chi connectivity index (χ4v) is 2.32. The maximum atomic E-state index is 12.3. The second-order valence-electron chi connectivity index (χ2n) is 5.54. The highest BCUT2D eigenvalue weighted by Gasteiger charge is 2.09. The summed E-state index contributed by atoms with van der Waals surface area (Å²) >= 11 is 0. The number of nitrogens with zero attached hydrogens (tertiary/aromatic N) is 1. The van der Waals surface area contributed by atoms with Gasteiger partial charge in [0, 0.05) is 24.1 Å². The topological polar surface area (TPSA) is 54.0 Å². The van der Waals surface area contributed by atoms with Gasteiger partial charge in [-0.3, -0.25) is 9.78 Å². The summed E-state index contributed by atoms with van der Waals surface area (Å²) in [5, 5.41) is 6.21. The predicted molar refractivity (Wildman–Crippen MR) is 91.5 cm³/mol. The van der Waals surface area contributed by atoms with Crippen LogP contribution < -0.4 is 10.6 Å². The second-order valence-corrected chi connectivity index (χ2v) is 5.54. The fourth-order valence-electron chi connectivity index (χ4n) is 2.32. The molecule has 0 saturated carbocycles. The van der Waals surface area contributed by atoms with Gasteiger partial charge < -0.3 is 10.6 Å². The molecule has 0 aliphatic heterocycles. The molecule has 1 amide bonds. The van der Waals surface area contributed by atoms with Gasteiger partial charge in [-0.15, -0.1) is 0 Å². The zero-order valence-electron chi connectivity index (χ0n) is 13.4. The number of anilines is 2. The molecule has 2 aromatic rings. The van der Waals surface area contributed by atoms with Crippen molar-refractivity contribution in [2.24, 2.45) is 0 Å². The Bertz CT molecular complexity index is 632. The van der Waals surface area contributed by atoms with Crippen LogP contribution in [0.15, 0.2) is 36.5 Å². The first-order valence-electron chi connectivity index (χ1n) is 7.68. The molecular weight excluding hydrogens is 274 g/mol. The quantitative estimate of drug-likeness (QED) is 0.787. The maximum absolute atomic E-state index is 12.3. The minimum Gasteiger partial charge on any atom is -0.385 e. The Hall–Kier alpha value is -2.36. The van der Waals surface area contributed by atoms with Crippen molar-refractivity contribution in [3.8, 4) is 0 Å². The molecule has 22 heavy (non-hydrogen) atoms. The molecule has 0 saturated heterocycles. The fraction of sp³-hybridized carbons (Fsp3) is 0.333. The molecule has 4 heteroatoms. The SMILES string of the molecule is CCCCNc1ccnc(C(=O)Nc2cc(C)cc(C)c2)c1. The number of amides is 1. The maximum Gasteiger partial charge on any atom is 0.274 e. The van der Waals surface area contributed by atoms with E-state index in [9.17, 15) is 4.79 Å². The standard InChI is InChI=1S/C18H23N3O/c1-4-5-7-19-15-6-8-20-17(12-15)18(22)21-16-10-13(2)9-14(3)11-16/h6,8-12H,4-5,7H2,1-3H3,(H,19,20)(H,21,22). The predicted octanol–water partition coefficient (Wildman–Crippen LogP) is 4.16. The van der Waals surface area contributed by atoms with Crippen molar-refractivity contribution in [3.05, 3.63) is 53.3 Å². The Labute approximate surface area is 132 Å². The summed E-state index contributed by atoms with van der Waals surface area (Å²) in [5.74, 6) is -0.191. The number of pyridine rings is 1. The molecule has 0 fully saturated rings. The van der Waals surface area contributed by atoms with Crippen molar-refractivity contribution in [2.75, 3.05) is 17.2 Å². The Morgan fingerprint density at radius 1 is 1.09 bits per heavy atom. The van der Waals surface area contributed by atoms with Crippen LogP contribution in [-0.4, -0.2) is 17.4 Å². The molecule has 1 aromatic heterocycles. The van der Waals surface area contributed by atoms with Gasteiger partial charge in [0.25, 0.3) is 5.91 Å². The van der Waals surface area contributed by atoms with Gasteiger partial charge in [-0.2, -0.15) is 0 Å². The first-order valence-corrected chi connectivity index (χ1v) is 7.68. The molecule has 0 spiro atoms. The second kappa shape index (κ2) is 7.59. The van der Waals surface area contributed by atoms with Crippen molar-refractivity contribution in [3.63, 3.8) is 0 Å². The van der Waals surface area contributed by atoms with Gasteiger partial charge >= 0.3 is 0 Å². The average molecular weight is 297 g/mol. The summed E-state index contributed by atoms with van der Waals surface area (Å²) in [7, 11) is 0. The van der Waals surface area contributed by atoms with Crippen molar-refractivity contribution < 1.29 is 4.79 Å². The van der Waals surface area contributed by atoms with Gasteiger partial charge in [0.1, 0.15) is 5.69 Å². The lowest BCUT2D eigenvalue weighted by Crippen LogP contribution is -2.14. The normalized spacial score (nSPS) is 10.3. The van der Waals surface area contributed by atoms with E-state index in [1.807, 2.05) is 32.0 Å². The van der Waals surface area contributed by atoms with E-state index in [2.05, 4.69) is 28.6 Å². The van der Waals surface area contributed by atoms with E-state index in [1.54, 1.807) is 12.3 Å². The number of rotatable bonds is 6. The molecule has 0 unspecified atom stereocenters. The number of hydrogen-bond acceptors (Lipinski definition) is 3. The third kappa shape index (κ3) is 4.58. The minimum atomic E-state index is -0.191. The lowest BCUT2D eigenvalue weighted by molar-refractivity contribution is 0.102. The zero-order chi connectivity index (χ0) is 15.9. The summed E-state index contributed by atoms with van der Waals surface area (Å²) in [4.78, 5) is 16.5. The molecule has 4 nitrogen and oxygen atoms in total. The van der Waals surface area contributed by atoms with Crippen LogP contribution in [0.4, 0.5) is 11.4 Å². The van der Waals surface area contributed by atoms with Crippen LogP contribution >= 0.6 is 0 Å². The van der Waals surface area contributed by atoms with Crippen molar-refractivity contribution in [1.82, 2.24) is 4.98 Å². The molecule has 2 rings (SSSR count). The third-order valence-electron chi connectivity index (χ3n) is 3.33. The van der Waals surface area contributed by atoms with E-state index in [0.717, 1.165) is 41.9 Å². The van der Waals surface area contributed by atoms with Crippen molar-refractivity contribution >= 4 is 17.3 Å². The van der Waals surface area contributed by atoms with Crippen LogP contribution in [0.1, 0.15) is 41.4 Å². The van der Waals surface area contributed by atoms with Crippen molar-refractivity contribution in [2.45, 2.75) is 33.6 Å². The Kier molecular flexibility index (Phi) is 5.53. The van der Waals surface area contributed by atoms with E-state index < -0.39 is 0 Å². The van der Waals surface area contributed by atoms with Crippen LogP contribution in [0.5, 0.6) is 0 Å². The van der Waals surface area contributed by atoms with Crippen molar-refractivity contribution in [1.29, 1.82) is 0 Å². The number of aromatic nitrogens is 1. The Morgan fingerprint density at radius 3 is 2.50 bits per heavy atom. The Morgan fingerprint density at radius 2 is 1.82 bits per heavy atom. The van der Waals surface area contributed by atoms with Crippen LogP contribution in [0.25, 0.3) is 0 Å². The number of unbranched alkanes of at least 4 members (excludes halogenated alkanes) is 1. The van der Waals surface area contributed by atoms with Gasteiger partial charge in [-0.1, -0.05) is 19.4 Å². The largest absolute Gasteiger partial charge is 0.385 e. The third-order valence-corrected chi connectivity index (χ3v) is 3.33. The lowest BCUT2D eigenvalue weighted by atomic mass is 10.1. The molecule has 1 aromatic carbocycles. The summed E-state index contributed by atoms with van der Waals surface area (Å²) < 4.78 is 0. The minimum absolute atomic E-state index is 0.191. The zero-order valence-corrected chi connectivity index (χ0v) is 13.4. The van der Waals surface area contributed by atoms with Gasteiger partial charge in [-0.25, -0.2) is 0 Å². The number of nitrogens with one attached hydrogen (secondary N) is 2. The first-order chi connectivity index (χ1) is 10.6. The van der Waals surface area contributed by atoms with E-state index in [1.165, 1.54) is 0 Å². The summed E-state index contributed by atoms with van der Waals surface area (Å²) in [5.41, 5.74) is 4.39. The van der Waals surface area contributed by atoms with Gasteiger partial charge in [0.15, 0.2) is 0 Å². The average Bonchev–Trinajstić information content (AvgIpc) is 2.47. The number of hydrogen-bond donors (Lipinski definition) is 2. The summed E-state index contributed by atoms with van der Waals surface area (Å²) in [6, 6.07) is 9.64. The van der Waals surface area contributed by atoms with Gasteiger partial charge in [-0.05, 0) is 55.7 Å². The number of carbonyl (C=O) groups excluding carboxylic acids is 1. The van der Waals surface area contributed by atoms with Crippen LogP contribution in [-0.2, 0) is 0 Å². The van der Waals surface area contributed by atoms with E-state index >= 15 is 0 Å². The first kappa shape index (κ1) is 16.0. The molecule has 1 heterocycles. The molecule has 0 aliphatic rings. The monoisotopic (exact) mass is 297 g/mol. The highest BCUT2D eigenvalue weighted by atomic mass is 16.1. The molecule has 116 valence electrons. The highest BCUT2D eigenvalue weighted by Crippen LogP contribution is 2.15. The molecule has 0 aliphatic carbocycles. The lowest BCUT2D eigenvalue weighted by Gasteiger charge is -2.09. The van der Waals surface area contributed by atoms with Crippen LogP contribution in [0.2, 0.25) is 0 Å². The smallest absolute Gasteiger partial charge is 0.274 e. The van der Waals surface area contributed by atoms with Crippen LogP contribution in [0, 0.1) is 13.8 Å². The Balaban J connectivity index is 2.07. The highest BCUT2D eigenvalue weighted by molar-refractivity contribution is 6.03. The number of carbonyl (C=O) groups is 1. The van der Waals surface area contributed by atoms with Gasteiger partial charge in [0.2, 0.25) is 0 Å². The summed E-state index contributed by atoms with van der Waals surface area (Å²) in [6.07, 6.45) is 3.90. The van der Waals surface area contributed by atoms with Crippen LogP contribution in [0.3, 0.4) is 0 Å². The molecule has 0 bridgehead atoms. The van der Waals surface area contributed by atoms with Gasteiger partial charge in [0.05, 0.1) is 0 Å². The van der Waals surface area contributed by atoms with E-state index in [4.69, 9.17) is 0 Å². The molecule has 2 N–H and O–H groups in total. The summed E-state index contributed by atoms with van der Waals surface area (Å²) in [6.45, 7) is 7.08. The molecule has 0 atom stereocenters.